The molecule has 0 aromatic rings. The van der Waals surface area contributed by atoms with Crippen LogP contribution in [-0.2, 0) is 0 Å². The van der Waals surface area contributed by atoms with Gasteiger partial charge in [0.25, 0.3) is 0 Å². The third-order valence-corrected chi connectivity index (χ3v) is 3.87. The topological polar surface area (TPSA) is 23.8 Å². The predicted octanol–water partition coefficient (Wildman–Crippen LogP) is 3.46. The Morgan fingerprint density at radius 3 is 2.54 bits per heavy atom. The number of rotatable bonds is 3. The molecule has 0 amide bonds. The standard InChI is InChI=1S/C11H19NS/c1-10-3-5-11(9-12,6-4-10)7-8-13-2/h10H,3-8H2,1-2H3. The second-order valence-corrected chi connectivity index (χ2v) is 5.30. The van der Waals surface area contributed by atoms with Crippen LogP contribution in [0.2, 0.25) is 0 Å². The largest absolute Gasteiger partial charge is 0.198 e. The van der Waals surface area contributed by atoms with Crippen molar-refractivity contribution in [3.63, 3.8) is 0 Å². The summed E-state index contributed by atoms with van der Waals surface area (Å²) in [5, 5.41) is 9.20. The van der Waals surface area contributed by atoms with Crippen LogP contribution in [0.5, 0.6) is 0 Å². The van der Waals surface area contributed by atoms with Gasteiger partial charge < -0.3 is 0 Å². The Morgan fingerprint density at radius 2 is 2.08 bits per heavy atom. The van der Waals surface area contributed by atoms with Crippen LogP contribution in [0, 0.1) is 22.7 Å². The summed E-state index contributed by atoms with van der Waals surface area (Å²) in [5.41, 5.74) is 0.0372. The minimum Gasteiger partial charge on any atom is -0.198 e. The van der Waals surface area contributed by atoms with Crippen molar-refractivity contribution in [2.24, 2.45) is 11.3 Å². The van der Waals surface area contributed by atoms with Crippen molar-refractivity contribution in [1.82, 2.24) is 0 Å². The SMILES string of the molecule is CSCCC1(C#N)CCC(C)CC1. The van der Waals surface area contributed by atoms with E-state index in [1.807, 2.05) is 11.8 Å². The Hall–Kier alpha value is -0.160. The summed E-state index contributed by atoms with van der Waals surface area (Å²) < 4.78 is 0. The highest BCUT2D eigenvalue weighted by molar-refractivity contribution is 7.98. The van der Waals surface area contributed by atoms with Gasteiger partial charge in [-0.1, -0.05) is 6.92 Å². The molecule has 74 valence electrons. The molecule has 0 radical (unpaired) electrons. The van der Waals surface area contributed by atoms with Gasteiger partial charge in [-0.3, -0.25) is 0 Å². The van der Waals surface area contributed by atoms with E-state index in [0.29, 0.717) is 0 Å². The molecule has 0 heterocycles. The zero-order chi connectivity index (χ0) is 9.73. The second-order valence-electron chi connectivity index (χ2n) is 4.32. The smallest absolute Gasteiger partial charge is 0.0690 e. The molecular weight excluding hydrogens is 178 g/mol. The maximum absolute atomic E-state index is 9.20. The van der Waals surface area contributed by atoms with Crippen molar-refractivity contribution in [1.29, 1.82) is 5.26 Å². The molecule has 0 bridgehead atoms. The summed E-state index contributed by atoms with van der Waals surface area (Å²) in [4.78, 5) is 0. The normalized spacial score (nSPS) is 34.1. The molecule has 1 aliphatic carbocycles. The molecule has 0 atom stereocenters. The maximum atomic E-state index is 9.20. The summed E-state index contributed by atoms with van der Waals surface area (Å²) in [5.74, 6) is 1.98. The van der Waals surface area contributed by atoms with E-state index in [1.54, 1.807) is 0 Å². The summed E-state index contributed by atoms with van der Waals surface area (Å²) >= 11 is 1.86. The number of thioether (sulfide) groups is 1. The van der Waals surface area contributed by atoms with Crippen molar-refractivity contribution in [2.75, 3.05) is 12.0 Å². The molecule has 0 aliphatic heterocycles. The van der Waals surface area contributed by atoms with Crippen LogP contribution >= 0.6 is 11.8 Å². The van der Waals surface area contributed by atoms with Crippen LogP contribution in [0.25, 0.3) is 0 Å². The van der Waals surface area contributed by atoms with Crippen molar-refractivity contribution < 1.29 is 0 Å². The maximum Gasteiger partial charge on any atom is 0.0690 e. The Balaban J connectivity index is 2.46. The molecule has 2 heteroatoms. The Morgan fingerprint density at radius 1 is 1.46 bits per heavy atom. The van der Waals surface area contributed by atoms with Crippen molar-refractivity contribution in [2.45, 2.75) is 39.0 Å². The Labute approximate surface area is 85.9 Å². The van der Waals surface area contributed by atoms with Crippen LogP contribution in [-0.4, -0.2) is 12.0 Å². The van der Waals surface area contributed by atoms with E-state index in [4.69, 9.17) is 0 Å². The zero-order valence-electron chi connectivity index (χ0n) is 8.68. The Kier molecular flexibility index (Phi) is 4.12. The van der Waals surface area contributed by atoms with Gasteiger partial charge in [-0.25, -0.2) is 0 Å². The first-order valence-electron chi connectivity index (χ1n) is 5.13. The molecule has 0 spiro atoms. The molecular formula is C11H19NS. The number of nitriles is 1. The summed E-state index contributed by atoms with van der Waals surface area (Å²) in [6.45, 7) is 2.30. The highest BCUT2D eigenvalue weighted by atomic mass is 32.2. The quantitative estimate of drug-likeness (QED) is 0.692. The zero-order valence-corrected chi connectivity index (χ0v) is 9.49. The van der Waals surface area contributed by atoms with Crippen LogP contribution in [0.15, 0.2) is 0 Å². The van der Waals surface area contributed by atoms with Gasteiger partial charge in [0.1, 0.15) is 0 Å². The minimum absolute atomic E-state index is 0.0372. The fourth-order valence-corrected chi connectivity index (χ4v) is 2.62. The molecule has 0 unspecified atom stereocenters. The lowest BCUT2D eigenvalue weighted by Gasteiger charge is -2.33. The molecule has 0 N–H and O–H groups in total. The number of nitrogens with zero attached hydrogens (tertiary/aromatic N) is 1. The lowest BCUT2D eigenvalue weighted by atomic mass is 9.70. The van der Waals surface area contributed by atoms with E-state index in [2.05, 4.69) is 19.2 Å². The van der Waals surface area contributed by atoms with Gasteiger partial charge in [-0.05, 0) is 50.0 Å². The van der Waals surface area contributed by atoms with E-state index in [9.17, 15) is 5.26 Å². The lowest BCUT2D eigenvalue weighted by molar-refractivity contribution is 0.215. The minimum atomic E-state index is 0.0372. The van der Waals surface area contributed by atoms with Gasteiger partial charge in [0.15, 0.2) is 0 Å². The van der Waals surface area contributed by atoms with Crippen LogP contribution < -0.4 is 0 Å². The van der Waals surface area contributed by atoms with E-state index in [1.165, 1.54) is 12.8 Å². The van der Waals surface area contributed by atoms with Crippen molar-refractivity contribution in [3.05, 3.63) is 0 Å². The molecule has 1 saturated carbocycles. The first-order chi connectivity index (χ1) is 6.22. The molecule has 13 heavy (non-hydrogen) atoms. The van der Waals surface area contributed by atoms with Crippen molar-refractivity contribution >= 4 is 11.8 Å². The molecule has 0 aromatic heterocycles. The average molecular weight is 197 g/mol. The van der Waals surface area contributed by atoms with Crippen molar-refractivity contribution in [3.8, 4) is 6.07 Å². The van der Waals surface area contributed by atoms with Gasteiger partial charge >= 0.3 is 0 Å². The predicted molar refractivity (Wildman–Crippen MR) is 58.7 cm³/mol. The fraction of sp³-hybridized carbons (Fsp3) is 0.909. The summed E-state index contributed by atoms with van der Waals surface area (Å²) in [6.07, 6.45) is 7.98. The van der Waals surface area contributed by atoms with Crippen LogP contribution in [0.4, 0.5) is 0 Å². The van der Waals surface area contributed by atoms with E-state index >= 15 is 0 Å². The van der Waals surface area contributed by atoms with Gasteiger partial charge in [-0.2, -0.15) is 17.0 Å². The highest BCUT2D eigenvalue weighted by Gasteiger charge is 2.33. The number of hydrogen-bond acceptors (Lipinski definition) is 2. The van der Waals surface area contributed by atoms with E-state index in [0.717, 1.165) is 30.9 Å². The third kappa shape index (κ3) is 2.91. The van der Waals surface area contributed by atoms with Crippen LogP contribution in [0.3, 0.4) is 0 Å². The van der Waals surface area contributed by atoms with Gasteiger partial charge in [0, 0.05) is 0 Å². The average Bonchev–Trinajstić information content (AvgIpc) is 2.18. The summed E-state index contributed by atoms with van der Waals surface area (Å²) in [6, 6.07) is 2.56. The summed E-state index contributed by atoms with van der Waals surface area (Å²) in [7, 11) is 0. The van der Waals surface area contributed by atoms with Gasteiger partial charge in [0.05, 0.1) is 11.5 Å². The van der Waals surface area contributed by atoms with Gasteiger partial charge in [0.2, 0.25) is 0 Å². The first kappa shape index (κ1) is 10.9. The number of hydrogen-bond donors (Lipinski definition) is 0. The lowest BCUT2D eigenvalue weighted by Crippen LogP contribution is -2.25. The molecule has 1 rings (SSSR count). The molecule has 1 aliphatic rings. The van der Waals surface area contributed by atoms with Gasteiger partial charge in [-0.15, -0.1) is 0 Å². The molecule has 1 fully saturated rings. The molecule has 0 saturated heterocycles. The van der Waals surface area contributed by atoms with E-state index < -0.39 is 0 Å². The fourth-order valence-electron chi connectivity index (χ4n) is 2.03. The second kappa shape index (κ2) is 4.91. The highest BCUT2D eigenvalue weighted by Crippen LogP contribution is 2.41. The van der Waals surface area contributed by atoms with E-state index in [-0.39, 0.29) is 5.41 Å². The first-order valence-corrected chi connectivity index (χ1v) is 6.52. The molecule has 0 aromatic carbocycles. The Bertz CT molecular complexity index is 181. The van der Waals surface area contributed by atoms with Crippen LogP contribution in [0.1, 0.15) is 39.0 Å². The third-order valence-electron chi connectivity index (χ3n) is 3.25. The molecule has 1 nitrogen and oxygen atoms in total. The monoisotopic (exact) mass is 197 g/mol.